The van der Waals surface area contributed by atoms with Crippen LogP contribution in [0.1, 0.15) is 28.4 Å². The quantitative estimate of drug-likeness (QED) is 0.941. The van der Waals surface area contributed by atoms with E-state index in [4.69, 9.17) is 10.5 Å². The summed E-state index contributed by atoms with van der Waals surface area (Å²) >= 11 is 0. The Morgan fingerprint density at radius 3 is 2.38 bits per heavy atom. The smallest absolute Gasteiger partial charge is 0.128 e. The van der Waals surface area contributed by atoms with Crippen LogP contribution in [0.2, 0.25) is 0 Å². The Bertz CT molecular complexity index is 639. The first-order valence-electron chi connectivity index (χ1n) is 6.63. The summed E-state index contributed by atoms with van der Waals surface area (Å²) < 4.78 is 31.8. The molecule has 1 heterocycles. The van der Waals surface area contributed by atoms with Crippen molar-refractivity contribution in [2.24, 2.45) is 5.73 Å². The van der Waals surface area contributed by atoms with Crippen molar-refractivity contribution in [3.05, 3.63) is 58.4 Å². The van der Waals surface area contributed by atoms with Gasteiger partial charge in [0, 0.05) is 41.5 Å². The number of nitrogens with zero attached hydrogens (tertiary/aromatic N) is 1. The zero-order valence-electron chi connectivity index (χ0n) is 12.3. The van der Waals surface area contributed by atoms with Crippen molar-refractivity contribution in [2.45, 2.75) is 26.3 Å². The molecule has 21 heavy (non-hydrogen) atoms. The van der Waals surface area contributed by atoms with Gasteiger partial charge < -0.3 is 10.5 Å². The minimum absolute atomic E-state index is 0.380. The van der Waals surface area contributed by atoms with E-state index in [2.05, 4.69) is 4.98 Å². The predicted octanol–water partition coefficient (Wildman–Crippen LogP) is 3.23. The lowest BCUT2D eigenvalue weighted by molar-refractivity contribution is 0.406. The molecule has 1 unspecified atom stereocenters. The van der Waals surface area contributed by atoms with Gasteiger partial charge >= 0.3 is 0 Å². The van der Waals surface area contributed by atoms with Crippen LogP contribution in [0.15, 0.2) is 24.4 Å². The normalized spacial score (nSPS) is 12.3. The number of halogens is 2. The summed E-state index contributed by atoms with van der Waals surface area (Å²) in [5.41, 5.74) is 9.05. The largest absolute Gasteiger partial charge is 0.496 e. The van der Waals surface area contributed by atoms with Crippen molar-refractivity contribution in [3.8, 4) is 5.75 Å². The first kappa shape index (κ1) is 15.4. The summed E-state index contributed by atoms with van der Waals surface area (Å²) in [6, 6.07) is 2.78. The van der Waals surface area contributed by atoms with Crippen LogP contribution < -0.4 is 10.5 Å². The van der Waals surface area contributed by atoms with Crippen LogP contribution in [0.25, 0.3) is 0 Å². The molecule has 0 saturated heterocycles. The molecule has 0 aliphatic carbocycles. The average molecular weight is 292 g/mol. The maximum atomic E-state index is 13.2. The SMILES string of the molecule is COc1c(C)cnc(CC(N)c2cc(F)cc(F)c2)c1C. The van der Waals surface area contributed by atoms with Gasteiger partial charge in [-0.1, -0.05) is 0 Å². The van der Waals surface area contributed by atoms with Gasteiger partial charge in [0.05, 0.1) is 7.11 Å². The topological polar surface area (TPSA) is 48.1 Å². The van der Waals surface area contributed by atoms with Crippen LogP contribution in [0.4, 0.5) is 8.78 Å². The Hall–Kier alpha value is -2.01. The minimum Gasteiger partial charge on any atom is -0.496 e. The summed E-state index contributed by atoms with van der Waals surface area (Å²) in [7, 11) is 1.60. The van der Waals surface area contributed by atoms with Gasteiger partial charge in [-0.15, -0.1) is 0 Å². The number of hydrogen-bond acceptors (Lipinski definition) is 3. The number of rotatable bonds is 4. The second-order valence-electron chi connectivity index (χ2n) is 5.06. The van der Waals surface area contributed by atoms with Gasteiger partial charge in [-0.2, -0.15) is 0 Å². The van der Waals surface area contributed by atoms with Gasteiger partial charge in [-0.25, -0.2) is 8.78 Å². The van der Waals surface area contributed by atoms with E-state index in [0.717, 1.165) is 28.6 Å². The number of aryl methyl sites for hydroxylation is 1. The highest BCUT2D eigenvalue weighted by Gasteiger charge is 2.15. The second kappa shape index (κ2) is 6.18. The second-order valence-corrected chi connectivity index (χ2v) is 5.06. The molecular formula is C16H18F2N2O. The van der Waals surface area contributed by atoms with Crippen LogP contribution >= 0.6 is 0 Å². The summed E-state index contributed by atoms with van der Waals surface area (Å²) in [4.78, 5) is 4.35. The van der Waals surface area contributed by atoms with Gasteiger partial charge in [0.1, 0.15) is 17.4 Å². The molecule has 0 radical (unpaired) electrons. The summed E-state index contributed by atoms with van der Waals surface area (Å²) in [5.74, 6) is -0.504. The highest BCUT2D eigenvalue weighted by atomic mass is 19.1. The Morgan fingerprint density at radius 1 is 1.19 bits per heavy atom. The van der Waals surface area contributed by atoms with E-state index in [1.807, 2.05) is 13.8 Å². The molecule has 0 spiro atoms. The maximum absolute atomic E-state index is 13.2. The van der Waals surface area contributed by atoms with Crippen LogP contribution in [-0.2, 0) is 6.42 Å². The molecule has 0 fully saturated rings. The molecular weight excluding hydrogens is 274 g/mol. The number of benzene rings is 1. The first-order chi connectivity index (χ1) is 9.92. The van der Waals surface area contributed by atoms with Gasteiger partial charge in [0.2, 0.25) is 0 Å². The van der Waals surface area contributed by atoms with Crippen LogP contribution in [0.3, 0.4) is 0 Å². The third kappa shape index (κ3) is 3.36. The summed E-state index contributed by atoms with van der Waals surface area (Å²) in [6.45, 7) is 3.80. The highest BCUT2D eigenvalue weighted by molar-refractivity contribution is 5.41. The minimum atomic E-state index is -0.633. The lowest BCUT2D eigenvalue weighted by Crippen LogP contribution is -2.16. The Morgan fingerprint density at radius 2 is 1.81 bits per heavy atom. The molecule has 1 atom stereocenters. The zero-order chi connectivity index (χ0) is 15.6. The van der Waals surface area contributed by atoms with E-state index >= 15 is 0 Å². The number of pyridine rings is 1. The first-order valence-corrected chi connectivity index (χ1v) is 6.63. The highest BCUT2D eigenvalue weighted by Crippen LogP contribution is 2.27. The molecule has 0 amide bonds. The van der Waals surface area contributed by atoms with E-state index in [9.17, 15) is 8.78 Å². The number of nitrogens with two attached hydrogens (primary N) is 1. The van der Waals surface area contributed by atoms with Crippen molar-refractivity contribution in [1.82, 2.24) is 4.98 Å². The molecule has 1 aromatic heterocycles. The fourth-order valence-electron chi connectivity index (χ4n) is 2.39. The van der Waals surface area contributed by atoms with Gasteiger partial charge in [-0.3, -0.25) is 4.98 Å². The van der Waals surface area contributed by atoms with E-state index in [1.165, 1.54) is 12.1 Å². The molecule has 2 rings (SSSR count). The summed E-state index contributed by atoms with van der Waals surface area (Å²) in [5, 5.41) is 0. The van der Waals surface area contributed by atoms with Crippen molar-refractivity contribution < 1.29 is 13.5 Å². The molecule has 1 aromatic carbocycles. The number of aromatic nitrogens is 1. The Balaban J connectivity index is 2.29. The van der Waals surface area contributed by atoms with Crippen molar-refractivity contribution in [3.63, 3.8) is 0 Å². The van der Waals surface area contributed by atoms with Crippen LogP contribution in [-0.4, -0.2) is 12.1 Å². The van der Waals surface area contributed by atoms with Crippen molar-refractivity contribution in [1.29, 1.82) is 0 Å². The Labute approximate surface area is 122 Å². The van der Waals surface area contributed by atoms with E-state index < -0.39 is 17.7 Å². The number of hydrogen-bond donors (Lipinski definition) is 1. The van der Waals surface area contributed by atoms with Crippen LogP contribution in [0, 0.1) is 25.5 Å². The summed E-state index contributed by atoms with van der Waals surface area (Å²) in [6.07, 6.45) is 2.09. The number of methoxy groups -OCH3 is 1. The third-order valence-corrected chi connectivity index (χ3v) is 3.48. The molecule has 0 aliphatic rings. The van der Waals surface area contributed by atoms with Gasteiger partial charge in [-0.05, 0) is 31.5 Å². The van der Waals surface area contributed by atoms with Crippen molar-refractivity contribution >= 4 is 0 Å². The molecule has 0 aliphatic heterocycles. The fraction of sp³-hybridized carbons (Fsp3) is 0.312. The maximum Gasteiger partial charge on any atom is 0.128 e. The number of ether oxygens (including phenoxy) is 1. The molecule has 2 N–H and O–H groups in total. The molecule has 2 aromatic rings. The van der Waals surface area contributed by atoms with E-state index in [-0.39, 0.29) is 0 Å². The molecule has 0 bridgehead atoms. The van der Waals surface area contributed by atoms with Gasteiger partial charge in [0.25, 0.3) is 0 Å². The third-order valence-electron chi connectivity index (χ3n) is 3.48. The molecule has 3 nitrogen and oxygen atoms in total. The molecule has 112 valence electrons. The van der Waals surface area contributed by atoms with Crippen molar-refractivity contribution in [2.75, 3.05) is 7.11 Å². The molecule has 5 heteroatoms. The molecule has 0 saturated carbocycles. The zero-order valence-corrected chi connectivity index (χ0v) is 12.3. The Kier molecular flexibility index (Phi) is 4.53. The average Bonchev–Trinajstić information content (AvgIpc) is 2.41. The van der Waals surface area contributed by atoms with E-state index in [0.29, 0.717) is 12.0 Å². The lowest BCUT2D eigenvalue weighted by atomic mass is 9.99. The van der Waals surface area contributed by atoms with Crippen LogP contribution in [0.5, 0.6) is 5.75 Å². The lowest BCUT2D eigenvalue weighted by Gasteiger charge is -2.16. The van der Waals surface area contributed by atoms with Gasteiger partial charge in [0.15, 0.2) is 0 Å². The monoisotopic (exact) mass is 292 g/mol. The fourth-order valence-corrected chi connectivity index (χ4v) is 2.39. The standard InChI is InChI=1S/C16H18F2N2O/c1-9-8-20-15(10(2)16(9)21-3)7-14(19)11-4-12(17)6-13(18)5-11/h4-6,8,14H,7,19H2,1-3H3. The predicted molar refractivity (Wildman–Crippen MR) is 77.3 cm³/mol. The van der Waals surface area contributed by atoms with E-state index in [1.54, 1.807) is 13.3 Å².